The first-order chi connectivity index (χ1) is 6.56. The van der Waals surface area contributed by atoms with Crippen molar-refractivity contribution >= 4 is 11.9 Å². The van der Waals surface area contributed by atoms with E-state index in [4.69, 9.17) is 4.74 Å². The molecule has 1 aliphatic rings. The Morgan fingerprint density at radius 2 is 2.36 bits per heavy atom. The molecule has 0 amide bonds. The van der Waals surface area contributed by atoms with Crippen molar-refractivity contribution < 1.29 is 24.2 Å². The highest BCUT2D eigenvalue weighted by molar-refractivity contribution is 5.99. The number of esters is 2. The van der Waals surface area contributed by atoms with Gasteiger partial charge in [0, 0.05) is 6.42 Å². The molecule has 1 rings (SSSR count). The number of hydrogen-bond donors (Lipinski definition) is 1. The van der Waals surface area contributed by atoms with E-state index in [1.54, 1.807) is 13.8 Å². The lowest BCUT2D eigenvalue weighted by Gasteiger charge is -2.01. The molecule has 1 saturated heterocycles. The number of hydrogen-bond acceptors (Lipinski definition) is 5. The standard InChI is InChI=1S/C9H12O5/c1-3-13-9(12)7(10)6-4-5(2)14-8(6)11/h5,10H,3-4H2,1-2H3/b7-6+. The van der Waals surface area contributed by atoms with Crippen molar-refractivity contribution in [3.05, 3.63) is 11.3 Å². The Kier molecular flexibility index (Phi) is 3.11. The summed E-state index contributed by atoms with van der Waals surface area (Å²) in [4.78, 5) is 22.1. The molecule has 5 heteroatoms. The van der Waals surface area contributed by atoms with Crippen LogP contribution in [0.25, 0.3) is 0 Å². The molecule has 0 spiro atoms. The van der Waals surface area contributed by atoms with E-state index < -0.39 is 17.7 Å². The first-order valence-corrected chi connectivity index (χ1v) is 4.36. The van der Waals surface area contributed by atoms with Crippen LogP contribution in [0, 0.1) is 0 Å². The highest BCUT2D eigenvalue weighted by atomic mass is 16.6. The Bertz CT molecular complexity index is 292. The Morgan fingerprint density at radius 3 is 2.79 bits per heavy atom. The van der Waals surface area contributed by atoms with Gasteiger partial charge in [-0.2, -0.15) is 0 Å². The summed E-state index contributed by atoms with van der Waals surface area (Å²) in [7, 11) is 0. The van der Waals surface area contributed by atoms with E-state index in [1.807, 2.05) is 0 Å². The molecule has 14 heavy (non-hydrogen) atoms. The molecule has 0 radical (unpaired) electrons. The van der Waals surface area contributed by atoms with Crippen LogP contribution in [-0.4, -0.2) is 29.8 Å². The summed E-state index contributed by atoms with van der Waals surface area (Å²) < 4.78 is 9.30. The molecule has 0 aliphatic carbocycles. The molecular weight excluding hydrogens is 188 g/mol. The molecule has 78 valence electrons. The van der Waals surface area contributed by atoms with Crippen molar-refractivity contribution in [3.63, 3.8) is 0 Å². The van der Waals surface area contributed by atoms with Crippen LogP contribution in [0.3, 0.4) is 0 Å². The van der Waals surface area contributed by atoms with Gasteiger partial charge in [0.15, 0.2) is 0 Å². The average Bonchev–Trinajstić information content (AvgIpc) is 2.44. The molecule has 1 aliphatic heterocycles. The van der Waals surface area contributed by atoms with Gasteiger partial charge >= 0.3 is 11.9 Å². The fourth-order valence-electron chi connectivity index (χ4n) is 1.18. The smallest absolute Gasteiger partial charge is 0.373 e. The Balaban J connectivity index is 2.83. The molecule has 5 nitrogen and oxygen atoms in total. The van der Waals surface area contributed by atoms with E-state index >= 15 is 0 Å². The predicted octanol–water partition coefficient (Wildman–Crippen LogP) is 0.697. The lowest BCUT2D eigenvalue weighted by atomic mass is 10.1. The van der Waals surface area contributed by atoms with E-state index in [1.165, 1.54) is 0 Å². The lowest BCUT2D eigenvalue weighted by Crippen LogP contribution is -2.11. The van der Waals surface area contributed by atoms with E-state index in [-0.39, 0.29) is 24.7 Å². The fourth-order valence-corrected chi connectivity index (χ4v) is 1.18. The minimum atomic E-state index is -0.881. The molecule has 0 aromatic rings. The van der Waals surface area contributed by atoms with Gasteiger partial charge in [-0.05, 0) is 13.8 Å². The molecule has 1 fully saturated rings. The summed E-state index contributed by atoms with van der Waals surface area (Å²) in [5.74, 6) is -2.17. The Labute approximate surface area is 81.3 Å². The zero-order chi connectivity index (χ0) is 10.7. The third-order valence-electron chi connectivity index (χ3n) is 1.80. The van der Waals surface area contributed by atoms with Crippen molar-refractivity contribution in [2.24, 2.45) is 0 Å². The van der Waals surface area contributed by atoms with E-state index in [9.17, 15) is 14.7 Å². The maximum Gasteiger partial charge on any atom is 0.373 e. The summed E-state index contributed by atoms with van der Waals surface area (Å²) in [6.45, 7) is 3.45. The van der Waals surface area contributed by atoms with Gasteiger partial charge in [0.2, 0.25) is 5.76 Å². The summed E-state index contributed by atoms with van der Waals surface area (Å²) in [6, 6.07) is 0. The molecule has 1 heterocycles. The second-order valence-corrected chi connectivity index (χ2v) is 2.97. The number of carbonyl (C=O) groups excluding carboxylic acids is 2. The zero-order valence-corrected chi connectivity index (χ0v) is 8.07. The van der Waals surface area contributed by atoms with Crippen LogP contribution in [0.15, 0.2) is 11.3 Å². The molecule has 1 atom stereocenters. The van der Waals surface area contributed by atoms with Gasteiger partial charge in [-0.3, -0.25) is 0 Å². The van der Waals surface area contributed by atoms with Gasteiger partial charge < -0.3 is 14.6 Å². The third kappa shape index (κ3) is 2.04. The number of carbonyl (C=O) groups is 2. The maximum atomic E-state index is 11.1. The quantitative estimate of drug-likeness (QED) is 0.403. The molecule has 0 aromatic carbocycles. The largest absolute Gasteiger partial charge is 0.501 e. The maximum absolute atomic E-state index is 11.1. The second kappa shape index (κ2) is 4.13. The lowest BCUT2D eigenvalue weighted by molar-refractivity contribution is -0.143. The van der Waals surface area contributed by atoms with Gasteiger partial charge in [0.1, 0.15) is 6.10 Å². The molecular formula is C9H12O5. The van der Waals surface area contributed by atoms with Crippen molar-refractivity contribution in [1.82, 2.24) is 0 Å². The monoisotopic (exact) mass is 200 g/mol. The second-order valence-electron chi connectivity index (χ2n) is 2.97. The fraction of sp³-hybridized carbons (Fsp3) is 0.556. The Morgan fingerprint density at radius 1 is 1.71 bits per heavy atom. The van der Waals surface area contributed by atoms with Crippen LogP contribution in [-0.2, 0) is 19.1 Å². The van der Waals surface area contributed by atoms with Crippen LogP contribution in [0.5, 0.6) is 0 Å². The van der Waals surface area contributed by atoms with Crippen molar-refractivity contribution in [2.45, 2.75) is 26.4 Å². The van der Waals surface area contributed by atoms with Gasteiger partial charge in [-0.1, -0.05) is 0 Å². The van der Waals surface area contributed by atoms with Crippen molar-refractivity contribution in [1.29, 1.82) is 0 Å². The van der Waals surface area contributed by atoms with Gasteiger partial charge in [-0.25, -0.2) is 9.59 Å². The molecule has 0 bridgehead atoms. The van der Waals surface area contributed by atoms with Crippen LogP contribution < -0.4 is 0 Å². The van der Waals surface area contributed by atoms with E-state index in [0.717, 1.165) is 0 Å². The molecule has 1 N–H and O–H groups in total. The van der Waals surface area contributed by atoms with Gasteiger partial charge in [0.05, 0.1) is 12.2 Å². The van der Waals surface area contributed by atoms with Gasteiger partial charge in [-0.15, -0.1) is 0 Å². The summed E-state index contributed by atoms with van der Waals surface area (Å²) in [6.07, 6.45) is -0.0576. The minimum Gasteiger partial charge on any atom is -0.501 e. The van der Waals surface area contributed by atoms with Gasteiger partial charge in [0.25, 0.3) is 0 Å². The third-order valence-corrected chi connectivity index (χ3v) is 1.80. The number of aliphatic hydroxyl groups is 1. The summed E-state index contributed by atoms with van der Waals surface area (Å²) in [5, 5.41) is 9.34. The zero-order valence-electron chi connectivity index (χ0n) is 8.07. The number of aliphatic hydroxyl groups excluding tert-OH is 1. The van der Waals surface area contributed by atoms with E-state index in [0.29, 0.717) is 0 Å². The summed E-state index contributed by atoms with van der Waals surface area (Å²) >= 11 is 0. The minimum absolute atomic E-state index is 0.00375. The summed E-state index contributed by atoms with van der Waals surface area (Å²) in [5.41, 5.74) is -0.00375. The van der Waals surface area contributed by atoms with Crippen LogP contribution in [0.2, 0.25) is 0 Å². The molecule has 1 unspecified atom stereocenters. The van der Waals surface area contributed by atoms with Crippen LogP contribution in [0.4, 0.5) is 0 Å². The first kappa shape index (κ1) is 10.6. The predicted molar refractivity (Wildman–Crippen MR) is 46.5 cm³/mol. The number of ether oxygens (including phenoxy) is 2. The Hall–Kier alpha value is -1.52. The highest BCUT2D eigenvalue weighted by Gasteiger charge is 2.31. The molecule has 0 aromatic heterocycles. The number of rotatable bonds is 2. The SMILES string of the molecule is CCOC(=O)/C(O)=C1/CC(C)OC1=O. The van der Waals surface area contributed by atoms with Crippen LogP contribution in [0.1, 0.15) is 20.3 Å². The van der Waals surface area contributed by atoms with E-state index in [2.05, 4.69) is 4.74 Å². The molecule has 0 saturated carbocycles. The normalized spacial score (nSPS) is 24.4. The van der Waals surface area contributed by atoms with Crippen LogP contribution >= 0.6 is 0 Å². The average molecular weight is 200 g/mol. The first-order valence-electron chi connectivity index (χ1n) is 4.36. The number of cyclic esters (lactones) is 1. The topological polar surface area (TPSA) is 72.8 Å². The van der Waals surface area contributed by atoms with Crippen molar-refractivity contribution in [2.75, 3.05) is 6.61 Å². The van der Waals surface area contributed by atoms with Crippen molar-refractivity contribution in [3.8, 4) is 0 Å². The highest BCUT2D eigenvalue weighted by Crippen LogP contribution is 2.22.